The van der Waals surface area contributed by atoms with Gasteiger partial charge in [-0.2, -0.15) is 0 Å². The van der Waals surface area contributed by atoms with Gasteiger partial charge in [-0.1, -0.05) is 97.4 Å². The minimum atomic E-state index is -0.773. The van der Waals surface area contributed by atoms with Crippen LogP contribution in [-0.4, -0.2) is 122 Å². The molecule has 0 radical (unpaired) electrons. The molecule has 0 spiro atoms. The molecule has 0 saturated carbocycles. The molecule has 0 aromatic heterocycles. The van der Waals surface area contributed by atoms with E-state index in [0.29, 0.717) is 31.6 Å². The molecule has 0 unspecified atom stereocenters. The van der Waals surface area contributed by atoms with Crippen LogP contribution >= 0.6 is 0 Å². The number of ether oxygens (including phenoxy) is 2. The second-order valence-electron chi connectivity index (χ2n) is 18.0. The van der Waals surface area contributed by atoms with Crippen LogP contribution < -0.4 is 16.4 Å². The van der Waals surface area contributed by atoms with Crippen molar-refractivity contribution in [2.24, 2.45) is 29.6 Å². The molecule has 0 aliphatic carbocycles. The molecule has 1 heterocycles. The van der Waals surface area contributed by atoms with E-state index in [1.807, 2.05) is 115 Å². The van der Waals surface area contributed by atoms with Crippen molar-refractivity contribution in [1.82, 2.24) is 25.3 Å². The van der Waals surface area contributed by atoms with Crippen LogP contribution in [0.25, 0.3) is 0 Å². The summed E-state index contributed by atoms with van der Waals surface area (Å²) in [6.45, 7) is 14.5. The van der Waals surface area contributed by atoms with E-state index in [4.69, 9.17) is 15.2 Å². The van der Waals surface area contributed by atoms with E-state index >= 15 is 0 Å². The van der Waals surface area contributed by atoms with E-state index in [-0.39, 0.29) is 66.0 Å². The third kappa shape index (κ3) is 14.1. The van der Waals surface area contributed by atoms with Crippen molar-refractivity contribution in [2.75, 3.05) is 47.6 Å². The fourth-order valence-electron chi connectivity index (χ4n) is 9.00. The van der Waals surface area contributed by atoms with Gasteiger partial charge in [0.15, 0.2) is 0 Å². The Hall–Kier alpha value is -4.33. The Balaban J connectivity index is 1.79. The molecule has 4 amide bonds. The third-order valence-corrected chi connectivity index (χ3v) is 12.6. The molecular weight excluding hydrogens is 773 g/mol. The number of carbonyl (C=O) groups is 5. The first kappa shape index (κ1) is 51.0. The zero-order chi connectivity index (χ0) is 45.6. The number of carbonyl (C=O) groups excluding carboxylic acids is 5. The molecule has 9 atom stereocenters. The number of nitrogen functional groups attached to an aromatic ring is 1. The van der Waals surface area contributed by atoms with E-state index < -0.39 is 42.2 Å². The maximum atomic E-state index is 14.4. The lowest BCUT2D eigenvalue weighted by molar-refractivity contribution is -0.148. The van der Waals surface area contributed by atoms with Gasteiger partial charge in [-0.15, -0.1) is 0 Å². The van der Waals surface area contributed by atoms with Crippen molar-refractivity contribution in [3.05, 3.63) is 65.7 Å². The Morgan fingerprint density at radius 3 is 2.02 bits per heavy atom. The molecule has 2 aromatic carbocycles. The number of amides is 4. The average molecular weight is 849 g/mol. The summed E-state index contributed by atoms with van der Waals surface area (Å²) in [7, 11) is 8.58. The van der Waals surface area contributed by atoms with Crippen LogP contribution in [0.15, 0.2) is 54.6 Å². The molecule has 0 bridgehead atoms. The van der Waals surface area contributed by atoms with Gasteiger partial charge in [-0.3, -0.25) is 28.9 Å². The number of hydrogen-bond donors (Lipinski definition) is 3. The normalized spacial score (nSPS) is 18.2. The minimum Gasteiger partial charge on any atom is -0.399 e. The number of hydrogen-bond acceptors (Lipinski definition) is 9. The quantitative estimate of drug-likeness (QED) is 0.118. The average Bonchev–Trinajstić information content (AvgIpc) is 3.71. The number of likely N-dealkylation sites (tertiary alicyclic amines) is 1. The number of nitrogens with one attached hydrogen (secondary N) is 2. The fraction of sp³-hybridized carbons (Fsp3) is 0.646. The second kappa shape index (κ2) is 24.3. The maximum absolute atomic E-state index is 14.4. The van der Waals surface area contributed by atoms with Crippen molar-refractivity contribution < 1.29 is 33.4 Å². The van der Waals surface area contributed by atoms with Gasteiger partial charge in [0.05, 0.1) is 36.8 Å². The lowest BCUT2D eigenvalue weighted by Gasteiger charge is -2.41. The summed E-state index contributed by atoms with van der Waals surface area (Å²) in [4.78, 5) is 75.4. The van der Waals surface area contributed by atoms with Gasteiger partial charge >= 0.3 is 0 Å². The standard InChI is InChI=1S/C48H76N6O7/c1-13-32(6)44(53(10)48(59)42(30(2)3)51-47(58)43(31(4)5)52(8)9)40(60-11)28-41(56)54-25-17-20-38(54)45(61-12)33(7)39(55)27-36(26-34-18-15-14-16-19-34)46(57)50-29-35-21-23-37(49)24-22-35/h14-16,18-19,21-24,30-33,36,38,40,42-45H,13,17,20,25-29,49H2,1-12H3,(H,50,57)(H,51,58)/t32-,33-,36+,38-,40+,42-,43-,44-,45+/m0/s1. The Morgan fingerprint density at radius 1 is 0.836 bits per heavy atom. The number of nitrogens with two attached hydrogens (primary N) is 1. The summed E-state index contributed by atoms with van der Waals surface area (Å²) in [6.07, 6.45) is 1.30. The topological polar surface area (TPSA) is 164 Å². The fourth-order valence-corrected chi connectivity index (χ4v) is 9.00. The zero-order valence-corrected chi connectivity index (χ0v) is 39.0. The van der Waals surface area contributed by atoms with Crippen molar-refractivity contribution in [2.45, 2.75) is 130 Å². The van der Waals surface area contributed by atoms with Crippen molar-refractivity contribution in [3.63, 3.8) is 0 Å². The van der Waals surface area contributed by atoms with Crippen LogP contribution in [0.4, 0.5) is 5.69 Å². The van der Waals surface area contributed by atoms with E-state index in [1.165, 1.54) is 0 Å². The van der Waals surface area contributed by atoms with Gasteiger partial charge in [0, 0.05) is 58.3 Å². The Labute approximate surface area is 365 Å². The van der Waals surface area contributed by atoms with Crippen LogP contribution in [0, 0.1) is 29.6 Å². The van der Waals surface area contributed by atoms with Gasteiger partial charge in [0.2, 0.25) is 23.6 Å². The third-order valence-electron chi connectivity index (χ3n) is 12.6. The largest absolute Gasteiger partial charge is 0.399 e. The maximum Gasteiger partial charge on any atom is 0.245 e. The van der Waals surface area contributed by atoms with Gasteiger partial charge in [-0.05, 0) is 74.4 Å². The number of Topliss-reactive ketones (excluding diaryl/α,β-unsaturated/α-hetero) is 1. The number of nitrogens with zero attached hydrogens (tertiary/aromatic N) is 3. The Bertz CT molecular complexity index is 1700. The first-order valence-electron chi connectivity index (χ1n) is 22.1. The number of ketones is 1. The first-order valence-corrected chi connectivity index (χ1v) is 22.1. The Kier molecular flexibility index (Phi) is 20.4. The highest BCUT2D eigenvalue weighted by atomic mass is 16.5. The summed E-state index contributed by atoms with van der Waals surface area (Å²) >= 11 is 0. The molecule has 340 valence electrons. The minimum absolute atomic E-state index is 0.0119. The highest BCUT2D eigenvalue weighted by molar-refractivity contribution is 5.90. The predicted molar refractivity (Wildman–Crippen MR) is 241 cm³/mol. The van der Waals surface area contributed by atoms with Crippen LogP contribution in [0.2, 0.25) is 0 Å². The molecule has 61 heavy (non-hydrogen) atoms. The van der Waals surface area contributed by atoms with Crippen LogP contribution in [-0.2, 0) is 46.4 Å². The summed E-state index contributed by atoms with van der Waals surface area (Å²) in [5, 5.41) is 6.07. The van der Waals surface area contributed by atoms with Crippen LogP contribution in [0.1, 0.15) is 91.7 Å². The van der Waals surface area contributed by atoms with Crippen molar-refractivity contribution in [1.29, 1.82) is 0 Å². The molecule has 4 N–H and O–H groups in total. The second-order valence-corrected chi connectivity index (χ2v) is 18.0. The summed E-state index contributed by atoms with van der Waals surface area (Å²) in [5.41, 5.74) is 8.34. The molecule has 1 aliphatic rings. The van der Waals surface area contributed by atoms with E-state index in [0.717, 1.165) is 24.0 Å². The molecule has 3 rings (SSSR count). The van der Waals surface area contributed by atoms with Crippen molar-refractivity contribution in [3.8, 4) is 0 Å². The molecule has 1 fully saturated rings. The molecule has 13 nitrogen and oxygen atoms in total. The molecule has 13 heteroatoms. The highest BCUT2D eigenvalue weighted by Crippen LogP contribution is 2.31. The SMILES string of the molecule is CC[C@H](C)[C@@H]([C@@H](CC(=O)N1CCC[C@H]1[C@H](OC)[C@@H](C)C(=O)C[C@@H](Cc1ccccc1)C(=O)NCc1ccc(N)cc1)OC)N(C)C(=O)[C@@H](NC(=O)[C@H](C(C)C)N(C)C)C(C)C. The number of methoxy groups -OCH3 is 2. The van der Waals surface area contributed by atoms with E-state index in [1.54, 1.807) is 38.3 Å². The first-order chi connectivity index (χ1) is 28.9. The smallest absolute Gasteiger partial charge is 0.245 e. The number of rotatable bonds is 24. The van der Waals surface area contributed by atoms with Crippen LogP contribution in [0.3, 0.4) is 0 Å². The molecular formula is C48H76N6O7. The van der Waals surface area contributed by atoms with Gasteiger partial charge in [0.25, 0.3) is 0 Å². The summed E-state index contributed by atoms with van der Waals surface area (Å²) in [5.74, 6) is -2.32. The Morgan fingerprint density at radius 2 is 1.48 bits per heavy atom. The molecule has 1 saturated heterocycles. The van der Waals surface area contributed by atoms with E-state index in [2.05, 4.69) is 10.6 Å². The molecule has 2 aromatic rings. The van der Waals surface area contributed by atoms with Crippen molar-refractivity contribution >= 4 is 35.1 Å². The molecule has 1 aliphatic heterocycles. The summed E-state index contributed by atoms with van der Waals surface area (Å²) < 4.78 is 12.1. The predicted octanol–water partition coefficient (Wildman–Crippen LogP) is 5.35. The van der Waals surface area contributed by atoms with Gasteiger partial charge < -0.3 is 35.6 Å². The van der Waals surface area contributed by atoms with Gasteiger partial charge in [-0.25, -0.2) is 0 Å². The number of benzene rings is 2. The number of likely N-dealkylation sites (N-methyl/N-ethyl adjacent to an activating group) is 2. The monoisotopic (exact) mass is 849 g/mol. The van der Waals surface area contributed by atoms with E-state index in [9.17, 15) is 24.0 Å². The zero-order valence-electron chi connectivity index (χ0n) is 39.0. The lowest BCUT2D eigenvalue weighted by atomic mass is 9.85. The van der Waals surface area contributed by atoms with Gasteiger partial charge in [0.1, 0.15) is 11.8 Å². The number of anilines is 1. The lowest BCUT2D eigenvalue weighted by Crippen LogP contribution is -2.59. The highest BCUT2D eigenvalue weighted by Gasteiger charge is 2.43. The van der Waals surface area contributed by atoms with Crippen LogP contribution in [0.5, 0.6) is 0 Å². The summed E-state index contributed by atoms with van der Waals surface area (Å²) in [6, 6.07) is 15.0.